The number of rotatable bonds is 83. The maximum Gasteiger partial charge on any atom is 0.472 e. The van der Waals surface area contributed by atoms with Crippen LogP contribution in [0, 0.1) is 11.8 Å². The van der Waals surface area contributed by atoms with Gasteiger partial charge in [0.25, 0.3) is 0 Å². The summed E-state index contributed by atoms with van der Waals surface area (Å²) in [7, 11) is -9.92. The topological polar surface area (TPSA) is 237 Å². The van der Waals surface area contributed by atoms with E-state index in [0.29, 0.717) is 25.7 Å². The summed E-state index contributed by atoms with van der Waals surface area (Å²) in [5, 5.41) is 10.7. The number of esters is 4. The van der Waals surface area contributed by atoms with Crippen molar-refractivity contribution in [2.75, 3.05) is 39.6 Å². The van der Waals surface area contributed by atoms with Crippen molar-refractivity contribution in [2.45, 2.75) is 464 Å². The van der Waals surface area contributed by atoms with E-state index in [9.17, 15) is 43.2 Å². The Bertz CT molecular complexity index is 1980. The number of aliphatic hydroxyl groups is 1. The fourth-order valence-electron chi connectivity index (χ4n) is 13.0. The monoisotopic (exact) mass is 1510 g/mol. The SMILES string of the molecule is CCCCCCCCCCCCCCCC(=O)O[C@H](COC(=O)CCCCCCCCCCCC)COP(=O)(O)OC[C@H](O)COP(=O)(O)OC[C@@H](COC(=O)CCCCCCCCCCCCCCCCC(C)CC)OC(=O)CCCCCCCCCCCCCCCCCCCCC(C)CC. The van der Waals surface area contributed by atoms with Gasteiger partial charge in [0.15, 0.2) is 12.2 Å². The van der Waals surface area contributed by atoms with Crippen LogP contribution in [0.2, 0.25) is 0 Å². The fraction of sp³-hybridized carbons (Fsp3) is 0.952. The van der Waals surface area contributed by atoms with Gasteiger partial charge in [0.05, 0.1) is 26.4 Å². The van der Waals surface area contributed by atoms with Crippen LogP contribution in [0.25, 0.3) is 0 Å². The number of hydrogen-bond acceptors (Lipinski definition) is 15. The standard InChI is InChI=1S/C84H164O17P2/c1-7-11-13-15-17-19-21-30-38-44-50-56-62-68-83(88)100-79(72-94-81(86)66-60-54-48-42-20-18-16-14-12-8-2)74-98-102(90,91)96-70-78(85)71-97-103(92,93)99-75-80(73-95-82(87)67-61-55-49-43-37-33-29-28-32-36-41-47-53-59-65-77(6)10-4)101-84(89)69-63-57-51-45-39-34-27-25-23-22-24-26-31-35-40-46-52-58-64-76(5)9-3/h76-80,85H,7-75H2,1-6H3,(H,90,91)(H,92,93)/t76?,77?,78-,79+,80+/m0/s1. The number of unbranched alkanes of at least 4 members (excludes halogenated alkanes) is 51. The third-order valence-electron chi connectivity index (χ3n) is 20.4. The summed E-state index contributed by atoms with van der Waals surface area (Å²) < 4.78 is 68.8. The molecule has 103 heavy (non-hydrogen) atoms. The third kappa shape index (κ3) is 75.3. The second-order valence-corrected chi connectivity index (χ2v) is 33.6. The molecule has 3 N–H and O–H groups in total. The van der Waals surface area contributed by atoms with Gasteiger partial charge in [-0.25, -0.2) is 9.13 Å². The largest absolute Gasteiger partial charge is 0.472 e. The van der Waals surface area contributed by atoms with Crippen molar-refractivity contribution in [3.05, 3.63) is 0 Å². The highest BCUT2D eigenvalue weighted by molar-refractivity contribution is 7.47. The first kappa shape index (κ1) is 101. The first-order valence-electron chi connectivity index (χ1n) is 43.6. The zero-order valence-electron chi connectivity index (χ0n) is 67.6. The van der Waals surface area contributed by atoms with E-state index in [0.717, 1.165) is 102 Å². The van der Waals surface area contributed by atoms with Crippen LogP contribution in [0.4, 0.5) is 0 Å². The number of phosphoric ester groups is 2. The Balaban J connectivity index is 5.21. The van der Waals surface area contributed by atoms with Gasteiger partial charge in [-0.2, -0.15) is 0 Å². The van der Waals surface area contributed by atoms with E-state index in [-0.39, 0.29) is 25.7 Å². The lowest BCUT2D eigenvalue weighted by molar-refractivity contribution is -0.161. The summed E-state index contributed by atoms with van der Waals surface area (Å²) in [6, 6.07) is 0. The smallest absolute Gasteiger partial charge is 0.462 e. The molecule has 19 heteroatoms. The lowest BCUT2D eigenvalue weighted by atomic mass is 9.99. The quantitative estimate of drug-likeness (QED) is 0.0222. The first-order valence-corrected chi connectivity index (χ1v) is 46.6. The lowest BCUT2D eigenvalue weighted by Crippen LogP contribution is -2.30. The Morgan fingerprint density at radius 3 is 0.689 bits per heavy atom. The van der Waals surface area contributed by atoms with Crippen LogP contribution in [0.3, 0.4) is 0 Å². The van der Waals surface area contributed by atoms with Crippen molar-refractivity contribution in [1.82, 2.24) is 0 Å². The third-order valence-corrected chi connectivity index (χ3v) is 22.3. The maximum atomic E-state index is 13.1. The van der Waals surface area contributed by atoms with Crippen LogP contribution in [-0.2, 0) is 65.4 Å². The molecule has 0 radical (unpaired) electrons. The molecule has 0 rings (SSSR count). The van der Waals surface area contributed by atoms with Crippen LogP contribution in [0.1, 0.15) is 446 Å². The minimum absolute atomic E-state index is 0.108. The normalized spacial score (nSPS) is 14.4. The van der Waals surface area contributed by atoms with Gasteiger partial charge >= 0.3 is 39.5 Å². The van der Waals surface area contributed by atoms with Crippen molar-refractivity contribution < 1.29 is 80.2 Å². The van der Waals surface area contributed by atoms with E-state index in [1.807, 2.05) is 0 Å². The molecule has 0 aliphatic heterocycles. The maximum absolute atomic E-state index is 13.1. The van der Waals surface area contributed by atoms with Crippen LogP contribution >= 0.6 is 15.6 Å². The zero-order valence-corrected chi connectivity index (χ0v) is 69.4. The predicted octanol–water partition coefficient (Wildman–Crippen LogP) is 25.5. The van der Waals surface area contributed by atoms with Gasteiger partial charge in [0, 0.05) is 25.7 Å². The van der Waals surface area contributed by atoms with Gasteiger partial charge in [-0.1, -0.05) is 395 Å². The number of hydrogen-bond donors (Lipinski definition) is 3. The molecule has 0 aliphatic rings. The second kappa shape index (κ2) is 75.5. The van der Waals surface area contributed by atoms with Crippen molar-refractivity contribution in [1.29, 1.82) is 0 Å². The van der Waals surface area contributed by atoms with Gasteiger partial charge < -0.3 is 33.8 Å². The summed E-state index contributed by atoms with van der Waals surface area (Å²) in [4.78, 5) is 73.1. The van der Waals surface area contributed by atoms with E-state index in [4.69, 9.17) is 37.0 Å². The van der Waals surface area contributed by atoms with Crippen LogP contribution in [0.15, 0.2) is 0 Å². The van der Waals surface area contributed by atoms with E-state index in [1.54, 1.807) is 0 Å². The van der Waals surface area contributed by atoms with E-state index in [2.05, 4.69) is 41.5 Å². The van der Waals surface area contributed by atoms with Crippen molar-refractivity contribution in [3.63, 3.8) is 0 Å². The van der Waals surface area contributed by atoms with Crippen molar-refractivity contribution in [3.8, 4) is 0 Å². The van der Waals surface area contributed by atoms with Gasteiger partial charge in [-0.05, 0) is 37.5 Å². The van der Waals surface area contributed by atoms with E-state index < -0.39 is 97.5 Å². The number of carbonyl (C=O) groups excluding carboxylic acids is 4. The molecule has 4 unspecified atom stereocenters. The molecule has 0 saturated carbocycles. The number of phosphoric acid groups is 2. The summed E-state index contributed by atoms with van der Waals surface area (Å²) in [5.41, 5.74) is 0. The predicted molar refractivity (Wildman–Crippen MR) is 423 cm³/mol. The molecule has 0 aliphatic carbocycles. The molecule has 0 aromatic heterocycles. The summed E-state index contributed by atoms with van der Waals surface area (Å²) >= 11 is 0. The Hall–Kier alpha value is -1.94. The van der Waals surface area contributed by atoms with Gasteiger partial charge in [-0.15, -0.1) is 0 Å². The minimum Gasteiger partial charge on any atom is -0.462 e. The molecule has 612 valence electrons. The molecule has 0 spiro atoms. The molecule has 0 aromatic rings. The highest BCUT2D eigenvalue weighted by atomic mass is 31.2. The average molecular weight is 1510 g/mol. The number of aliphatic hydroxyl groups excluding tert-OH is 1. The van der Waals surface area contributed by atoms with Crippen molar-refractivity contribution in [2.24, 2.45) is 11.8 Å². The van der Waals surface area contributed by atoms with Crippen LogP contribution in [0.5, 0.6) is 0 Å². The van der Waals surface area contributed by atoms with Crippen molar-refractivity contribution >= 4 is 39.5 Å². The van der Waals surface area contributed by atoms with Gasteiger partial charge in [0.2, 0.25) is 0 Å². The molecule has 0 bridgehead atoms. The first-order chi connectivity index (χ1) is 49.9. The van der Waals surface area contributed by atoms with E-state index >= 15 is 0 Å². The summed E-state index contributed by atoms with van der Waals surface area (Å²) in [6.45, 7) is 9.77. The van der Waals surface area contributed by atoms with Gasteiger partial charge in [0.1, 0.15) is 19.3 Å². The molecule has 0 amide bonds. The molecule has 0 heterocycles. The lowest BCUT2D eigenvalue weighted by Gasteiger charge is -2.21. The van der Waals surface area contributed by atoms with Crippen LogP contribution in [-0.4, -0.2) is 96.7 Å². The Labute approximate surface area is 632 Å². The fourth-order valence-corrected chi connectivity index (χ4v) is 14.6. The van der Waals surface area contributed by atoms with Crippen LogP contribution < -0.4 is 0 Å². The number of ether oxygens (including phenoxy) is 4. The Morgan fingerprint density at radius 2 is 0.466 bits per heavy atom. The highest BCUT2D eigenvalue weighted by Crippen LogP contribution is 2.45. The Kier molecular flexibility index (Phi) is 74.1. The highest BCUT2D eigenvalue weighted by Gasteiger charge is 2.30. The minimum atomic E-state index is -4.96. The molecule has 0 fully saturated rings. The zero-order chi connectivity index (χ0) is 75.6. The molecular formula is C84H164O17P2. The summed E-state index contributed by atoms with van der Waals surface area (Å²) in [6.07, 6.45) is 66.5. The molecule has 17 nitrogen and oxygen atoms in total. The van der Waals surface area contributed by atoms with Gasteiger partial charge in [-0.3, -0.25) is 37.3 Å². The summed E-state index contributed by atoms with van der Waals surface area (Å²) in [5.74, 6) is -0.383. The van der Waals surface area contributed by atoms with E-state index in [1.165, 1.54) is 263 Å². The Morgan fingerprint density at radius 1 is 0.272 bits per heavy atom. The number of carbonyl (C=O) groups is 4. The molecule has 0 saturated heterocycles. The average Bonchev–Trinajstić information content (AvgIpc) is 0.935. The molecule has 0 aromatic carbocycles. The molecular weight excluding hydrogens is 1340 g/mol. The molecule has 7 atom stereocenters. The second-order valence-electron chi connectivity index (χ2n) is 30.7.